The monoisotopic (exact) mass is 306 g/mol. The topological polar surface area (TPSA) is 77.4 Å². The molecule has 0 aliphatic rings. The molecule has 2 rings (SSSR count). The molecule has 1 aromatic carbocycles. The summed E-state index contributed by atoms with van der Waals surface area (Å²) in [5, 5.41) is 4.35. The minimum absolute atomic E-state index is 0.0589. The molecule has 0 saturated heterocycles. The maximum atomic E-state index is 12.0. The van der Waals surface area contributed by atoms with E-state index in [-0.39, 0.29) is 17.3 Å². The van der Waals surface area contributed by atoms with Gasteiger partial charge in [-0.05, 0) is 25.1 Å². The lowest BCUT2D eigenvalue weighted by Gasteiger charge is -2.08. The number of amides is 1. The maximum Gasteiger partial charge on any atom is 0.337 e. The fraction of sp³-hybridized carbons (Fsp3) is 0.214. The molecule has 1 amide bonds. The van der Waals surface area contributed by atoms with E-state index in [0.717, 1.165) is 17.0 Å². The number of nitrogens with one attached hydrogen (secondary N) is 1. The lowest BCUT2D eigenvalue weighted by Crippen LogP contribution is -2.25. The molecule has 0 bridgehead atoms. The van der Waals surface area contributed by atoms with E-state index in [0.29, 0.717) is 11.3 Å². The quantitative estimate of drug-likeness (QED) is 0.871. The minimum Gasteiger partial charge on any atom is -0.465 e. The van der Waals surface area contributed by atoms with Crippen LogP contribution in [0, 0.1) is 6.92 Å². The van der Waals surface area contributed by atoms with Crippen LogP contribution in [0.4, 0.5) is 5.69 Å². The SMILES string of the molecule is COC(=O)c1cccc(NC(=O)Cn2c(C)csc2=O)c1. The Morgan fingerprint density at radius 3 is 2.76 bits per heavy atom. The number of methoxy groups -OCH3 is 1. The van der Waals surface area contributed by atoms with Crippen molar-refractivity contribution in [2.75, 3.05) is 12.4 Å². The Morgan fingerprint density at radius 2 is 2.14 bits per heavy atom. The van der Waals surface area contributed by atoms with E-state index in [9.17, 15) is 14.4 Å². The molecule has 1 aromatic heterocycles. The molecular formula is C14H14N2O4S. The van der Waals surface area contributed by atoms with Gasteiger partial charge in [-0.15, -0.1) is 0 Å². The van der Waals surface area contributed by atoms with Crippen LogP contribution >= 0.6 is 11.3 Å². The summed E-state index contributed by atoms with van der Waals surface area (Å²) < 4.78 is 6.01. The van der Waals surface area contributed by atoms with Gasteiger partial charge in [0, 0.05) is 16.8 Å². The predicted molar refractivity (Wildman–Crippen MR) is 79.7 cm³/mol. The number of rotatable bonds is 4. The first-order chi connectivity index (χ1) is 10.0. The van der Waals surface area contributed by atoms with E-state index in [2.05, 4.69) is 10.1 Å². The van der Waals surface area contributed by atoms with Crippen molar-refractivity contribution in [1.82, 2.24) is 4.57 Å². The van der Waals surface area contributed by atoms with Crippen LogP contribution in [0.5, 0.6) is 0 Å². The van der Waals surface area contributed by atoms with E-state index in [1.807, 2.05) is 0 Å². The van der Waals surface area contributed by atoms with Gasteiger partial charge < -0.3 is 10.1 Å². The van der Waals surface area contributed by atoms with Crippen molar-refractivity contribution < 1.29 is 14.3 Å². The molecule has 21 heavy (non-hydrogen) atoms. The summed E-state index contributed by atoms with van der Waals surface area (Å²) in [4.78, 5) is 34.7. The molecule has 0 atom stereocenters. The molecule has 1 heterocycles. The van der Waals surface area contributed by atoms with Crippen LogP contribution in [-0.2, 0) is 16.1 Å². The first kappa shape index (κ1) is 15.0. The summed E-state index contributed by atoms with van der Waals surface area (Å²) in [6.07, 6.45) is 0. The van der Waals surface area contributed by atoms with Crippen LogP contribution in [-0.4, -0.2) is 23.6 Å². The Kier molecular flexibility index (Phi) is 4.54. The van der Waals surface area contributed by atoms with Gasteiger partial charge in [0.1, 0.15) is 6.54 Å². The zero-order valence-electron chi connectivity index (χ0n) is 11.6. The summed E-state index contributed by atoms with van der Waals surface area (Å²) in [5.74, 6) is -0.809. The number of carbonyl (C=O) groups is 2. The third kappa shape index (κ3) is 3.57. The number of esters is 1. The molecule has 1 N–H and O–H groups in total. The molecule has 2 aromatic rings. The number of nitrogens with zero attached hydrogens (tertiary/aromatic N) is 1. The van der Waals surface area contributed by atoms with Crippen LogP contribution in [0.25, 0.3) is 0 Å². The average Bonchev–Trinajstić information content (AvgIpc) is 2.78. The standard InChI is InChI=1S/C14H14N2O4S/c1-9-8-21-14(19)16(9)7-12(17)15-11-5-3-4-10(6-11)13(18)20-2/h3-6,8H,7H2,1-2H3,(H,15,17). The maximum absolute atomic E-state index is 12.0. The van der Waals surface area contributed by atoms with Gasteiger partial charge in [0.15, 0.2) is 0 Å². The van der Waals surface area contributed by atoms with Crippen molar-refractivity contribution in [2.24, 2.45) is 0 Å². The number of aryl methyl sites for hydroxylation is 1. The van der Waals surface area contributed by atoms with Crippen LogP contribution in [0.15, 0.2) is 34.4 Å². The van der Waals surface area contributed by atoms with Crippen LogP contribution in [0.3, 0.4) is 0 Å². The van der Waals surface area contributed by atoms with E-state index < -0.39 is 5.97 Å². The Morgan fingerprint density at radius 1 is 1.38 bits per heavy atom. The molecule has 0 fully saturated rings. The highest BCUT2D eigenvalue weighted by molar-refractivity contribution is 7.07. The van der Waals surface area contributed by atoms with Gasteiger partial charge in [-0.25, -0.2) is 4.79 Å². The number of carbonyl (C=O) groups excluding carboxylic acids is 2. The first-order valence-corrected chi connectivity index (χ1v) is 7.02. The van der Waals surface area contributed by atoms with Gasteiger partial charge in [0.05, 0.1) is 12.7 Å². The van der Waals surface area contributed by atoms with Crippen molar-refractivity contribution in [3.05, 3.63) is 50.6 Å². The third-order valence-corrected chi connectivity index (χ3v) is 3.73. The number of anilines is 1. The molecule has 0 unspecified atom stereocenters. The largest absolute Gasteiger partial charge is 0.465 e. The average molecular weight is 306 g/mol. The van der Waals surface area contributed by atoms with E-state index in [1.165, 1.54) is 17.7 Å². The number of ether oxygens (including phenoxy) is 1. The van der Waals surface area contributed by atoms with Crippen molar-refractivity contribution in [3.8, 4) is 0 Å². The predicted octanol–water partition coefficient (Wildman–Crippen LogP) is 1.64. The molecule has 6 nitrogen and oxygen atoms in total. The van der Waals surface area contributed by atoms with Gasteiger partial charge in [-0.1, -0.05) is 17.4 Å². The summed E-state index contributed by atoms with van der Waals surface area (Å²) in [7, 11) is 1.29. The molecule has 0 aliphatic carbocycles. The number of thiazole rings is 1. The number of benzene rings is 1. The van der Waals surface area contributed by atoms with Gasteiger partial charge in [-0.2, -0.15) is 0 Å². The first-order valence-electron chi connectivity index (χ1n) is 6.14. The van der Waals surface area contributed by atoms with Gasteiger partial charge in [-0.3, -0.25) is 14.2 Å². The fourth-order valence-electron chi connectivity index (χ4n) is 1.78. The summed E-state index contributed by atoms with van der Waals surface area (Å²) in [6, 6.07) is 6.42. The van der Waals surface area contributed by atoms with Crippen LogP contribution in [0.2, 0.25) is 0 Å². The van der Waals surface area contributed by atoms with Gasteiger partial charge in [0.2, 0.25) is 5.91 Å². The Balaban J connectivity index is 2.10. The van der Waals surface area contributed by atoms with Crippen molar-refractivity contribution in [1.29, 1.82) is 0 Å². The van der Waals surface area contributed by atoms with Crippen LogP contribution in [0.1, 0.15) is 16.1 Å². The Bertz CT molecular complexity index is 733. The van der Waals surface area contributed by atoms with E-state index in [1.54, 1.807) is 30.5 Å². The third-order valence-electron chi connectivity index (χ3n) is 2.85. The fourth-order valence-corrected chi connectivity index (χ4v) is 2.52. The minimum atomic E-state index is -0.476. The van der Waals surface area contributed by atoms with Gasteiger partial charge in [0.25, 0.3) is 0 Å². The molecular weight excluding hydrogens is 292 g/mol. The zero-order chi connectivity index (χ0) is 15.4. The second-order valence-electron chi connectivity index (χ2n) is 4.35. The molecule has 0 saturated carbocycles. The van der Waals surface area contributed by atoms with Crippen molar-refractivity contribution in [3.63, 3.8) is 0 Å². The van der Waals surface area contributed by atoms with E-state index in [4.69, 9.17) is 0 Å². The normalized spacial score (nSPS) is 10.2. The Labute approximate surface area is 125 Å². The molecule has 0 radical (unpaired) electrons. The zero-order valence-corrected chi connectivity index (χ0v) is 12.4. The summed E-state index contributed by atoms with van der Waals surface area (Å²) >= 11 is 1.05. The van der Waals surface area contributed by atoms with Crippen LogP contribution < -0.4 is 10.2 Å². The van der Waals surface area contributed by atoms with Crippen molar-refractivity contribution in [2.45, 2.75) is 13.5 Å². The molecule has 0 aliphatic heterocycles. The van der Waals surface area contributed by atoms with Gasteiger partial charge >= 0.3 is 10.8 Å². The highest BCUT2D eigenvalue weighted by Gasteiger charge is 2.10. The smallest absolute Gasteiger partial charge is 0.337 e. The molecule has 110 valence electrons. The second kappa shape index (κ2) is 6.36. The summed E-state index contributed by atoms with van der Waals surface area (Å²) in [6.45, 7) is 1.71. The number of hydrogen-bond acceptors (Lipinski definition) is 5. The number of aromatic nitrogens is 1. The lowest BCUT2D eigenvalue weighted by molar-refractivity contribution is -0.116. The highest BCUT2D eigenvalue weighted by atomic mass is 32.1. The molecule has 0 spiro atoms. The number of hydrogen-bond donors (Lipinski definition) is 1. The highest BCUT2D eigenvalue weighted by Crippen LogP contribution is 2.12. The van der Waals surface area contributed by atoms with Crippen molar-refractivity contribution >= 4 is 28.9 Å². The second-order valence-corrected chi connectivity index (χ2v) is 5.17. The summed E-state index contributed by atoms with van der Waals surface area (Å²) in [5.41, 5.74) is 1.56. The van der Waals surface area contributed by atoms with E-state index >= 15 is 0 Å². The molecule has 7 heteroatoms. The lowest BCUT2D eigenvalue weighted by atomic mass is 10.2. The Hall–Kier alpha value is -2.41.